The molecule has 1 saturated heterocycles. The summed E-state index contributed by atoms with van der Waals surface area (Å²) in [5.41, 5.74) is -0.391. The lowest BCUT2D eigenvalue weighted by Gasteiger charge is -2.35. The fourth-order valence-electron chi connectivity index (χ4n) is 7.60. The molecule has 1 aliphatic heterocycles. The van der Waals surface area contributed by atoms with E-state index in [2.05, 4.69) is 43.4 Å². The van der Waals surface area contributed by atoms with E-state index >= 15 is 0 Å². The van der Waals surface area contributed by atoms with Crippen LogP contribution in [0.5, 0.6) is 11.5 Å². The maximum atomic E-state index is 14.7. The summed E-state index contributed by atoms with van der Waals surface area (Å²) in [6.45, 7) is 12.8. The number of fused-ring (bicyclic) bond motifs is 1. The number of halogens is 1. The molecule has 2 aromatic heterocycles. The number of ether oxygens (including phenoxy) is 3. The number of aromatic nitrogens is 2. The average Bonchev–Trinajstić information content (AvgIpc) is 3.62. The molecule has 15 nitrogen and oxygen atoms in total. The Bertz CT molecular complexity index is 2100. The van der Waals surface area contributed by atoms with Gasteiger partial charge in [-0.3, -0.25) is 19.2 Å². The molecule has 3 aromatic rings. The Morgan fingerprint density at radius 1 is 1.10 bits per heavy atom. The van der Waals surface area contributed by atoms with Crippen molar-refractivity contribution in [1.29, 1.82) is 0 Å². The number of carbonyl (C=O) groups excluding carboxylic acids is 4. The lowest BCUT2D eigenvalue weighted by Crippen LogP contribution is -2.58. The first kappa shape index (κ1) is 42.8. The van der Waals surface area contributed by atoms with Crippen LogP contribution >= 0.6 is 27.3 Å². The number of amides is 4. The molecule has 17 heteroatoms. The van der Waals surface area contributed by atoms with Gasteiger partial charge in [-0.15, -0.1) is 17.9 Å². The summed E-state index contributed by atoms with van der Waals surface area (Å²) in [7, 11) is 1.54. The molecule has 6 rings (SSSR count). The van der Waals surface area contributed by atoms with Crippen LogP contribution in [-0.4, -0.2) is 93.2 Å². The van der Waals surface area contributed by atoms with Crippen LogP contribution in [0.1, 0.15) is 79.6 Å². The molecule has 2 aliphatic carbocycles. The third kappa shape index (κ3) is 9.41. The number of methoxy groups -OCH3 is 1. The van der Waals surface area contributed by atoms with Crippen molar-refractivity contribution in [2.75, 3.05) is 19.0 Å². The number of hydrogen-bond donors (Lipinski definition) is 4. The van der Waals surface area contributed by atoms with Crippen LogP contribution in [0.25, 0.3) is 22.3 Å². The Balaban J connectivity index is 1.34. The van der Waals surface area contributed by atoms with Crippen LogP contribution in [0.15, 0.2) is 40.7 Å². The predicted molar refractivity (Wildman–Crippen MR) is 222 cm³/mol. The van der Waals surface area contributed by atoms with Gasteiger partial charge in [-0.05, 0) is 65.6 Å². The normalized spacial score (nSPS) is 22.3. The highest BCUT2D eigenvalue weighted by Crippen LogP contribution is 2.47. The molecule has 312 valence electrons. The largest absolute Gasteiger partial charge is 0.495 e. The summed E-state index contributed by atoms with van der Waals surface area (Å²) in [5, 5.41) is 21.1. The number of hydrogen-bond acceptors (Lipinski definition) is 11. The molecule has 1 aromatic carbocycles. The second kappa shape index (κ2) is 17.2. The molecule has 1 unspecified atom stereocenters. The van der Waals surface area contributed by atoms with Crippen LogP contribution in [-0.2, 0) is 23.9 Å². The van der Waals surface area contributed by atoms with Crippen molar-refractivity contribution in [3.63, 3.8) is 0 Å². The number of pyridine rings is 1. The van der Waals surface area contributed by atoms with Gasteiger partial charge in [0, 0.05) is 35.1 Å². The van der Waals surface area contributed by atoms with Gasteiger partial charge in [0.2, 0.25) is 17.7 Å². The van der Waals surface area contributed by atoms with Gasteiger partial charge >= 0.3 is 12.1 Å². The number of nitrogens with zero attached hydrogens (tertiary/aromatic N) is 3. The van der Waals surface area contributed by atoms with Crippen molar-refractivity contribution in [2.45, 2.75) is 109 Å². The van der Waals surface area contributed by atoms with Gasteiger partial charge in [0.25, 0.3) is 0 Å². The summed E-state index contributed by atoms with van der Waals surface area (Å²) >= 11 is 4.89. The molecular weight excluding hydrogens is 832 g/mol. The number of nitrogens with one attached hydrogen (secondary N) is 3. The second-order valence-corrected chi connectivity index (χ2v) is 18.3. The van der Waals surface area contributed by atoms with E-state index in [-0.39, 0.29) is 43.2 Å². The molecule has 4 N–H and O–H groups in total. The zero-order valence-corrected chi connectivity index (χ0v) is 36.0. The molecule has 4 amide bonds. The Morgan fingerprint density at radius 3 is 2.45 bits per heavy atom. The van der Waals surface area contributed by atoms with E-state index < -0.39 is 53.0 Å². The average molecular weight is 884 g/mol. The van der Waals surface area contributed by atoms with E-state index in [1.54, 1.807) is 50.6 Å². The van der Waals surface area contributed by atoms with Gasteiger partial charge in [0.1, 0.15) is 41.5 Å². The van der Waals surface area contributed by atoms with Gasteiger partial charge in [-0.2, -0.15) is 0 Å². The van der Waals surface area contributed by atoms with Gasteiger partial charge in [0.05, 0.1) is 41.3 Å². The third-order valence-electron chi connectivity index (χ3n) is 10.9. The summed E-state index contributed by atoms with van der Waals surface area (Å²) in [4.78, 5) is 77.4. The fourth-order valence-corrected chi connectivity index (χ4v) is 8.91. The summed E-state index contributed by atoms with van der Waals surface area (Å²) < 4.78 is 18.5. The number of aliphatic carboxylic acids is 1. The standard InChI is InChI=1S/C41H51BrN6O9S/c1-8-22-17-41(22,18-31(49)50)47-36(52)28-15-24(19-48(28)37(53)34(40(4,5)6)45-39(54)57-23-11-9-10-12-23)56-30-16-26(27-20-58-38(44-27)46-35(51)21(2)3)43-33-25(30)13-14-29(55-7)32(33)42/h8,13-14,16,20-24,28,34H,1,9-12,15,17-19H2,2-7H3,(H,45,54)(H,47,52)(H,49,50)(H,44,46,51)/t22-,24-,28-,34?,41+/m1/s1. The van der Waals surface area contributed by atoms with Crippen molar-refractivity contribution in [3.8, 4) is 22.9 Å². The second-order valence-electron chi connectivity index (χ2n) is 16.7. The first-order valence-corrected chi connectivity index (χ1v) is 21.1. The minimum Gasteiger partial charge on any atom is -0.495 e. The maximum absolute atomic E-state index is 14.7. The molecule has 0 radical (unpaired) electrons. The highest BCUT2D eigenvalue weighted by atomic mass is 79.9. The first-order valence-electron chi connectivity index (χ1n) is 19.5. The van der Waals surface area contributed by atoms with Crippen molar-refractivity contribution in [1.82, 2.24) is 25.5 Å². The van der Waals surface area contributed by atoms with E-state index in [9.17, 15) is 29.1 Å². The lowest BCUT2D eigenvalue weighted by atomic mass is 9.85. The maximum Gasteiger partial charge on any atom is 0.408 e. The van der Waals surface area contributed by atoms with Crippen LogP contribution in [0.4, 0.5) is 9.93 Å². The van der Waals surface area contributed by atoms with E-state index in [4.69, 9.17) is 19.2 Å². The van der Waals surface area contributed by atoms with Crippen molar-refractivity contribution < 1.29 is 43.3 Å². The Morgan fingerprint density at radius 2 is 1.83 bits per heavy atom. The van der Waals surface area contributed by atoms with Crippen molar-refractivity contribution in [2.24, 2.45) is 17.3 Å². The molecule has 58 heavy (non-hydrogen) atoms. The number of benzene rings is 1. The van der Waals surface area contributed by atoms with Gasteiger partial charge in [0.15, 0.2) is 5.13 Å². The van der Waals surface area contributed by atoms with Crippen LogP contribution in [0, 0.1) is 17.3 Å². The number of carboxylic acid groups (broad SMARTS) is 1. The predicted octanol–water partition coefficient (Wildman–Crippen LogP) is 6.69. The van der Waals surface area contributed by atoms with Crippen molar-refractivity contribution in [3.05, 3.63) is 40.7 Å². The number of carbonyl (C=O) groups is 5. The van der Waals surface area contributed by atoms with E-state index in [0.717, 1.165) is 25.7 Å². The van der Waals surface area contributed by atoms with E-state index in [1.165, 1.54) is 16.2 Å². The SMILES string of the molecule is C=C[C@@H]1C[C@@]1(CC(=O)O)NC(=O)[C@H]1C[C@@H](Oc2cc(-c3csc(NC(=O)C(C)C)n3)nc3c(Br)c(OC)ccc23)CN1C(=O)C(NC(=O)OC1CCCC1)C(C)(C)C. The quantitative estimate of drug-likeness (QED) is 0.126. The van der Waals surface area contributed by atoms with Gasteiger partial charge in [-0.1, -0.05) is 40.7 Å². The minimum absolute atomic E-state index is 0.0295. The highest BCUT2D eigenvalue weighted by Gasteiger charge is 2.56. The van der Waals surface area contributed by atoms with Gasteiger partial charge in [-0.25, -0.2) is 14.8 Å². The van der Waals surface area contributed by atoms with E-state index in [0.29, 0.717) is 49.8 Å². The Labute approximate surface area is 349 Å². The number of thiazole rings is 1. The third-order valence-corrected chi connectivity index (χ3v) is 12.5. The minimum atomic E-state index is -1.07. The molecule has 3 aliphatic rings. The smallest absolute Gasteiger partial charge is 0.408 e. The molecule has 3 heterocycles. The number of rotatable bonds is 14. The topological polar surface area (TPSA) is 198 Å². The molecular formula is C41H51BrN6O9S. The number of carboxylic acids is 1. The first-order chi connectivity index (χ1) is 27.4. The Hall–Kier alpha value is -4.77. The summed E-state index contributed by atoms with van der Waals surface area (Å²) in [5.74, 6) is -1.84. The molecule has 3 fully saturated rings. The summed E-state index contributed by atoms with van der Waals surface area (Å²) in [6, 6.07) is 3.15. The number of alkyl carbamates (subject to hydrolysis) is 1. The number of likely N-dealkylation sites (tertiary alicyclic amines) is 1. The molecule has 0 bridgehead atoms. The number of anilines is 1. The Kier molecular flexibility index (Phi) is 12.7. The highest BCUT2D eigenvalue weighted by molar-refractivity contribution is 9.10. The summed E-state index contributed by atoms with van der Waals surface area (Å²) in [6.07, 6.45) is 3.55. The molecule has 0 spiro atoms. The fraction of sp³-hybridized carbons (Fsp3) is 0.537. The monoisotopic (exact) mass is 882 g/mol. The van der Waals surface area contributed by atoms with Crippen LogP contribution < -0.4 is 25.4 Å². The van der Waals surface area contributed by atoms with Crippen molar-refractivity contribution >= 4 is 73.1 Å². The van der Waals surface area contributed by atoms with Crippen LogP contribution in [0.2, 0.25) is 0 Å². The molecule has 2 saturated carbocycles. The molecule has 5 atom stereocenters. The zero-order valence-electron chi connectivity index (χ0n) is 33.6. The zero-order chi connectivity index (χ0) is 42.1. The van der Waals surface area contributed by atoms with Gasteiger partial charge < -0.3 is 40.2 Å². The van der Waals surface area contributed by atoms with Crippen LogP contribution in [0.3, 0.4) is 0 Å². The lowest BCUT2D eigenvalue weighted by molar-refractivity contribution is -0.143. The van der Waals surface area contributed by atoms with E-state index in [1.807, 2.05) is 20.8 Å².